The lowest BCUT2D eigenvalue weighted by Gasteiger charge is -2.58. The van der Waals surface area contributed by atoms with E-state index >= 15 is 0 Å². The number of carbonyl (C=O) groups excluding carboxylic acids is 2. The molecule has 3 aliphatic heterocycles. The Balaban J connectivity index is 1.29. The van der Waals surface area contributed by atoms with Gasteiger partial charge in [0.05, 0.1) is 22.8 Å². The Hall–Kier alpha value is -3.33. The van der Waals surface area contributed by atoms with E-state index in [2.05, 4.69) is 53.2 Å². The van der Waals surface area contributed by atoms with Crippen molar-refractivity contribution in [3.63, 3.8) is 0 Å². The first kappa shape index (κ1) is 27.5. The standard InChI is InChI=1S/C32H40ClN7O2/c1-7-24(41)38-17-32(18-38)11-21(12-32)40-20(3)26(27-22-14-34-35-23(22)10-19(2)28(27)33)29(36-40)39-9-8-31(15-30(39,4)5)13-25(42)37(6)16-31/h7,10,14,21H,1,8-9,11-13,15-18H2,2-6H3,(H,34,35). The van der Waals surface area contributed by atoms with Crippen molar-refractivity contribution in [1.29, 1.82) is 0 Å². The maximum Gasteiger partial charge on any atom is 0.245 e. The highest BCUT2D eigenvalue weighted by molar-refractivity contribution is 6.36. The number of anilines is 1. The second-order valence-electron chi connectivity index (χ2n) is 14.2. The van der Waals surface area contributed by atoms with Gasteiger partial charge in [-0.25, -0.2) is 0 Å². The van der Waals surface area contributed by atoms with E-state index in [1.165, 1.54) is 6.08 Å². The molecule has 2 amide bonds. The molecule has 222 valence electrons. The van der Waals surface area contributed by atoms with Gasteiger partial charge in [-0.15, -0.1) is 0 Å². The van der Waals surface area contributed by atoms with E-state index in [4.69, 9.17) is 16.7 Å². The number of amides is 2. The quantitative estimate of drug-likeness (QED) is 0.419. The minimum Gasteiger partial charge on any atom is -0.349 e. The Bertz CT molecular complexity index is 1640. The molecular weight excluding hydrogens is 550 g/mol. The number of hydrogen-bond donors (Lipinski definition) is 1. The lowest BCUT2D eigenvalue weighted by molar-refractivity contribution is -0.149. The fourth-order valence-electron chi connectivity index (χ4n) is 8.74. The van der Waals surface area contributed by atoms with Crippen molar-refractivity contribution in [2.45, 2.75) is 71.4 Å². The predicted octanol–water partition coefficient (Wildman–Crippen LogP) is 5.27. The normalized spacial score (nSPS) is 25.0. The average molecular weight is 590 g/mol. The van der Waals surface area contributed by atoms with E-state index in [0.29, 0.717) is 6.42 Å². The number of fused-ring (bicyclic) bond motifs is 1. The lowest BCUT2D eigenvalue weighted by Crippen LogP contribution is -2.63. The Morgan fingerprint density at radius 2 is 1.90 bits per heavy atom. The number of aromatic amines is 1. The van der Waals surface area contributed by atoms with Gasteiger partial charge in [0.2, 0.25) is 11.8 Å². The molecule has 7 rings (SSSR count). The Kier molecular flexibility index (Phi) is 5.95. The van der Waals surface area contributed by atoms with E-state index in [9.17, 15) is 9.59 Å². The van der Waals surface area contributed by atoms with E-state index in [1.807, 2.05) is 30.0 Å². The van der Waals surface area contributed by atoms with Crippen molar-refractivity contribution < 1.29 is 9.59 Å². The molecule has 4 fully saturated rings. The average Bonchev–Trinajstić information content (AvgIpc) is 3.54. The topological polar surface area (TPSA) is 90.4 Å². The van der Waals surface area contributed by atoms with Crippen LogP contribution in [0.25, 0.3) is 22.0 Å². The van der Waals surface area contributed by atoms with Crippen LogP contribution in [0.15, 0.2) is 24.9 Å². The number of aryl methyl sites for hydroxylation is 1. The molecular formula is C32H40ClN7O2. The maximum atomic E-state index is 12.6. The third kappa shape index (κ3) is 3.95. The molecule has 42 heavy (non-hydrogen) atoms. The fraction of sp³-hybridized carbons (Fsp3) is 0.562. The van der Waals surface area contributed by atoms with Gasteiger partial charge >= 0.3 is 0 Å². The predicted molar refractivity (Wildman–Crippen MR) is 165 cm³/mol. The molecule has 1 aliphatic carbocycles. The zero-order chi connectivity index (χ0) is 29.8. The van der Waals surface area contributed by atoms with Gasteiger partial charge in [-0.05, 0) is 71.1 Å². The molecule has 1 atom stereocenters. The fourth-order valence-corrected chi connectivity index (χ4v) is 8.99. The summed E-state index contributed by atoms with van der Waals surface area (Å²) in [5, 5.41) is 14.6. The zero-order valence-electron chi connectivity index (χ0n) is 25.3. The first-order chi connectivity index (χ1) is 19.9. The van der Waals surface area contributed by atoms with Crippen molar-refractivity contribution in [1.82, 2.24) is 29.8 Å². The number of H-pyrrole nitrogens is 1. The van der Waals surface area contributed by atoms with Crippen LogP contribution in [-0.4, -0.2) is 80.4 Å². The second-order valence-corrected chi connectivity index (χ2v) is 14.6. The molecule has 3 aromatic rings. The minimum atomic E-state index is -0.212. The first-order valence-corrected chi connectivity index (χ1v) is 15.4. The SMILES string of the molecule is C=CC(=O)N1CC2(CC(n3nc(N4CCC5(CC(=O)N(C)C5)CC4(C)C)c(-c4c(Cl)c(C)cc5[nH]ncc45)c3C)C2)C1. The Morgan fingerprint density at radius 3 is 2.55 bits per heavy atom. The van der Waals surface area contributed by atoms with Crippen LogP contribution in [0.4, 0.5) is 5.82 Å². The van der Waals surface area contributed by atoms with Gasteiger partial charge in [-0.3, -0.25) is 19.4 Å². The van der Waals surface area contributed by atoms with E-state index in [1.54, 1.807) is 0 Å². The monoisotopic (exact) mass is 589 g/mol. The van der Waals surface area contributed by atoms with Gasteiger partial charge in [-0.2, -0.15) is 10.2 Å². The summed E-state index contributed by atoms with van der Waals surface area (Å²) in [7, 11) is 1.93. The van der Waals surface area contributed by atoms with Crippen molar-refractivity contribution >= 4 is 40.1 Å². The van der Waals surface area contributed by atoms with Crippen molar-refractivity contribution in [2.24, 2.45) is 10.8 Å². The van der Waals surface area contributed by atoms with Gasteiger partial charge in [-0.1, -0.05) is 18.2 Å². The molecule has 3 saturated heterocycles. The molecule has 1 aromatic carbocycles. The number of aromatic nitrogens is 4. The van der Waals surface area contributed by atoms with Crippen LogP contribution in [0.3, 0.4) is 0 Å². The highest BCUT2D eigenvalue weighted by Gasteiger charge is 2.55. The molecule has 0 radical (unpaired) electrons. The summed E-state index contributed by atoms with van der Waals surface area (Å²) in [4.78, 5) is 30.9. The van der Waals surface area contributed by atoms with E-state index < -0.39 is 0 Å². The molecule has 4 aliphatic rings. The van der Waals surface area contributed by atoms with Gasteiger partial charge in [0.15, 0.2) is 5.82 Å². The Morgan fingerprint density at radius 1 is 1.17 bits per heavy atom. The summed E-state index contributed by atoms with van der Waals surface area (Å²) in [5.74, 6) is 1.22. The number of hydrogen-bond acceptors (Lipinski definition) is 5. The van der Waals surface area contributed by atoms with E-state index in [0.717, 1.165) is 96.0 Å². The third-order valence-corrected chi connectivity index (χ3v) is 11.1. The number of carbonyl (C=O) groups is 2. The number of nitrogens with zero attached hydrogens (tertiary/aromatic N) is 6. The summed E-state index contributed by atoms with van der Waals surface area (Å²) in [6.45, 7) is 15.7. The molecule has 0 bridgehead atoms. The lowest BCUT2D eigenvalue weighted by atomic mass is 9.60. The molecule has 1 saturated carbocycles. The number of benzene rings is 1. The number of rotatable bonds is 4. The molecule has 10 heteroatoms. The molecule has 1 unspecified atom stereocenters. The summed E-state index contributed by atoms with van der Waals surface area (Å²) in [6, 6.07) is 2.32. The van der Waals surface area contributed by atoms with Crippen LogP contribution >= 0.6 is 11.6 Å². The molecule has 5 heterocycles. The van der Waals surface area contributed by atoms with Gasteiger partial charge in [0.25, 0.3) is 0 Å². The van der Waals surface area contributed by atoms with Gasteiger partial charge in [0.1, 0.15) is 0 Å². The summed E-state index contributed by atoms with van der Waals surface area (Å²) in [6.07, 6.45) is 7.76. The number of piperidine rings is 1. The van der Waals surface area contributed by atoms with Crippen LogP contribution in [0.2, 0.25) is 5.02 Å². The largest absolute Gasteiger partial charge is 0.349 e. The van der Waals surface area contributed by atoms with Crippen LogP contribution in [0.1, 0.15) is 63.3 Å². The van der Waals surface area contributed by atoms with Crippen LogP contribution < -0.4 is 4.90 Å². The van der Waals surface area contributed by atoms with Crippen LogP contribution in [-0.2, 0) is 9.59 Å². The smallest absolute Gasteiger partial charge is 0.245 e. The summed E-state index contributed by atoms with van der Waals surface area (Å²) >= 11 is 7.14. The van der Waals surface area contributed by atoms with Gasteiger partial charge < -0.3 is 14.7 Å². The molecule has 2 spiro atoms. The third-order valence-electron chi connectivity index (χ3n) is 10.7. The Labute approximate surface area is 251 Å². The van der Waals surface area contributed by atoms with Gasteiger partial charge in [0, 0.05) is 78.2 Å². The van der Waals surface area contributed by atoms with Crippen molar-refractivity contribution in [3.8, 4) is 11.1 Å². The van der Waals surface area contributed by atoms with Crippen LogP contribution in [0, 0.1) is 24.7 Å². The molecule has 2 aromatic heterocycles. The second kappa shape index (κ2) is 9.09. The highest BCUT2D eigenvalue weighted by Crippen LogP contribution is 2.56. The first-order valence-electron chi connectivity index (χ1n) is 15.0. The van der Waals surface area contributed by atoms with Crippen molar-refractivity contribution in [2.75, 3.05) is 38.1 Å². The molecule has 9 nitrogen and oxygen atoms in total. The number of halogens is 1. The summed E-state index contributed by atoms with van der Waals surface area (Å²) < 4.78 is 2.23. The summed E-state index contributed by atoms with van der Waals surface area (Å²) in [5.41, 5.74) is 5.07. The maximum absolute atomic E-state index is 12.6. The number of nitrogens with one attached hydrogen (secondary N) is 1. The minimum absolute atomic E-state index is 0.00172. The zero-order valence-corrected chi connectivity index (χ0v) is 26.0. The number of likely N-dealkylation sites (tertiary alicyclic amines) is 2. The highest BCUT2D eigenvalue weighted by atomic mass is 35.5. The molecule has 1 N–H and O–H groups in total. The van der Waals surface area contributed by atoms with Crippen LogP contribution in [0.5, 0.6) is 0 Å². The van der Waals surface area contributed by atoms with E-state index in [-0.39, 0.29) is 34.2 Å². The van der Waals surface area contributed by atoms with Crippen molar-refractivity contribution in [3.05, 3.63) is 41.2 Å².